The molecule has 2 saturated heterocycles. The van der Waals surface area contributed by atoms with Gasteiger partial charge in [0.05, 0.1) is 34.5 Å². The second-order valence-electron chi connectivity index (χ2n) is 14.8. The van der Waals surface area contributed by atoms with Gasteiger partial charge in [0.1, 0.15) is 17.1 Å². The van der Waals surface area contributed by atoms with Gasteiger partial charge < -0.3 is 15.3 Å². The van der Waals surface area contributed by atoms with Gasteiger partial charge in [0.2, 0.25) is 11.8 Å². The van der Waals surface area contributed by atoms with Crippen LogP contribution in [-0.2, 0) is 24.6 Å². The van der Waals surface area contributed by atoms with E-state index in [2.05, 4.69) is 5.43 Å². The Morgan fingerprint density at radius 1 is 0.764 bits per heavy atom. The van der Waals surface area contributed by atoms with E-state index in [1.54, 1.807) is 30.3 Å². The number of aromatic hydroxyl groups is 2. The lowest BCUT2D eigenvalue weighted by molar-refractivity contribution is -0.138. The zero-order chi connectivity index (χ0) is 38.3. The number of phenolic OH excluding ortho intramolecular Hbond substituents is 1. The van der Waals surface area contributed by atoms with E-state index in [4.69, 9.17) is 0 Å². The molecule has 4 aliphatic rings. The minimum atomic E-state index is -1.49. The number of fused-ring (bicyclic) bond motifs is 5. The van der Waals surface area contributed by atoms with Crippen molar-refractivity contribution in [3.05, 3.63) is 143 Å². The molecule has 2 aliphatic heterocycles. The average Bonchev–Trinajstić information content (AvgIpc) is 3.57. The van der Waals surface area contributed by atoms with Crippen LogP contribution in [0.15, 0.2) is 121 Å². The maximum absolute atomic E-state index is 15.5. The Morgan fingerprint density at radius 3 is 2.18 bits per heavy atom. The summed E-state index contributed by atoms with van der Waals surface area (Å²) in [4.78, 5) is 71.8. The van der Waals surface area contributed by atoms with Crippen LogP contribution in [0.4, 0.5) is 11.4 Å². The van der Waals surface area contributed by atoms with Gasteiger partial charge in [-0.2, -0.15) is 5.01 Å². The number of imide groups is 2. The number of rotatable bonds is 6. The number of amides is 4. The molecular formula is C44H35N3O8. The van der Waals surface area contributed by atoms with E-state index in [1.165, 1.54) is 6.07 Å². The lowest BCUT2D eigenvalue weighted by Gasteiger charge is -2.51. The third-order valence-corrected chi connectivity index (χ3v) is 12.1. The number of carboxylic acids is 1. The van der Waals surface area contributed by atoms with Gasteiger partial charge >= 0.3 is 5.97 Å². The summed E-state index contributed by atoms with van der Waals surface area (Å²) in [5.74, 6) is -7.96. The highest BCUT2D eigenvalue weighted by Crippen LogP contribution is 2.65. The molecule has 4 amide bonds. The number of carboxylic acid groups (broad SMARTS) is 1. The van der Waals surface area contributed by atoms with Crippen LogP contribution in [0.2, 0.25) is 0 Å². The molecule has 3 fully saturated rings. The van der Waals surface area contributed by atoms with E-state index in [1.807, 2.05) is 73.7 Å². The number of nitrogens with one attached hydrogen (secondary N) is 1. The van der Waals surface area contributed by atoms with Crippen LogP contribution in [0.5, 0.6) is 11.5 Å². The van der Waals surface area contributed by atoms with Crippen molar-refractivity contribution in [1.82, 2.24) is 5.01 Å². The van der Waals surface area contributed by atoms with Crippen LogP contribution in [0.1, 0.15) is 45.8 Å². The number of phenols is 2. The summed E-state index contributed by atoms with van der Waals surface area (Å²) < 4.78 is 0. The molecule has 9 rings (SSSR count). The Kier molecular flexibility index (Phi) is 7.68. The third-order valence-electron chi connectivity index (χ3n) is 12.1. The van der Waals surface area contributed by atoms with Gasteiger partial charge in [0.25, 0.3) is 11.8 Å². The molecule has 11 heteroatoms. The fourth-order valence-corrected chi connectivity index (χ4v) is 9.74. The molecule has 274 valence electrons. The zero-order valence-corrected chi connectivity index (χ0v) is 29.5. The summed E-state index contributed by atoms with van der Waals surface area (Å²) in [6.07, 6.45) is 2.21. The van der Waals surface area contributed by atoms with Gasteiger partial charge in [0, 0.05) is 17.4 Å². The van der Waals surface area contributed by atoms with E-state index >= 15 is 4.79 Å². The van der Waals surface area contributed by atoms with Crippen LogP contribution < -0.4 is 10.3 Å². The topological polar surface area (TPSA) is 165 Å². The first-order chi connectivity index (χ1) is 26.5. The molecule has 2 heterocycles. The number of aryl methyl sites for hydroxylation is 1. The summed E-state index contributed by atoms with van der Waals surface area (Å²) in [5.41, 5.74) is 4.91. The summed E-state index contributed by atoms with van der Waals surface area (Å²) in [6.45, 7) is 1.94. The van der Waals surface area contributed by atoms with Crippen molar-refractivity contribution >= 4 is 51.7 Å². The highest BCUT2D eigenvalue weighted by molar-refractivity contribution is 6.23. The summed E-state index contributed by atoms with van der Waals surface area (Å²) in [7, 11) is 0. The number of hydrogen-bond acceptors (Lipinski definition) is 8. The molecule has 1 saturated carbocycles. The molecule has 0 spiro atoms. The zero-order valence-electron chi connectivity index (χ0n) is 29.5. The van der Waals surface area contributed by atoms with Crippen LogP contribution in [-0.4, -0.2) is 49.9 Å². The summed E-state index contributed by atoms with van der Waals surface area (Å²) in [6, 6.07) is 30.8. The van der Waals surface area contributed by atoms with E-state index in [0.717, 1.165) is 33.2 Å². The average molecular weight is 734 g/mol. The van der Waals surface area contributed by atoms with Crippen molar-refractivity contribution in [3.8, 4) is 11.5 Å². The minimum absolute atomic E-state index is 0.0459. The predicted octanol–water partition coefficient (Wildman–Crippen LogP) is 6.45. The molecule has 5 aromatic rings. The van der Waals surface area contributed by atoms with E-state index in [0.29, 0.717) is 27.6 Å². The normalized spacial score (nSPS) is 25.8. The lowest BCUT2D eigenvalue weighted by Crippen LogP contribution is -2.53. The number of anilines is 2. The van der Waals surface area contributed by atoms with E-state index in [9.17, 15) is 34.5 Å². The Hall–Kier alpha value is -6.75. The van der Waals surface area contributed by atoms with Gasteiger partial charge in [-0.15, -0.1) is 0 Å². The van der Waals surface area contributed by atoms with Crippen molar-refractivity contribution in [3.63, 3.8) is 0 Å². The van der Waals surface area contributed by atoms with E-state index < -0.39 is 70.4 Å². The van der Waals surface area contributed by atoms with Gasteiger partial charge in [-0.3, -0.25) is 24.6 Å². The highest BCUT2D eigenvalue weighted by atomic mass is 16.4. The number of carbonyl (C=O) groups excluding carboxylic acids is 4. The first-order valence-electron chi connectivity index (χ1n) is 18.1. The van der Waals surface area contributed by atoms with Crippen molar-refractivity contribution in [2.24, 2.45) is 23.7 Å². The minimum Gasteiger partial charge on any atom is -0.507 e. The molecule has 0 bridgehead atoms. The van der Waals surface area contributed by atoms with Gasteiger partial charge in [-0.25, -0.2) is 9.69 Å². The number of carbonyl (C=O) groups is 5. The molecule has 6 unspecified atom stereocenters. The first-order valence-corrected chi connectivity index (χ1v) is 18.1. The van der Waals surface area contributed by atoms with Gasteiger partial charge in [-0.05, 0) is 72.5 Å². The maximum atomic E-state index is 15.5. The Bertz CT molecular complexity index is 2510. The largest absolute Gasteiger partial charge is 0.507 e. The van der Waals surface area contributed by atoms with Crippen LogP contribution in [0.3, 0.4) is 0 Å². The Labute approximate surface area is 315 Å². The highest BCUT2D eigenvalue weighted by Gasteiger charge is 2.70. The van der Waals surface area contributed by atoms with E-state index in [-0.39, 0.29) is 29.8 Å². The Morgan fingerprint density at radius 2 is 1.47 bits per heavy atom. The molecule has 6 atom stereocenters. The third kappa shape index (κ3) is 4.85. The van der Waals surface area contributed by atoms with Crippen LogP contribution in [0.25, 0.3) is 10.8 Å². The smallest absolute Gasteiger partial charge is 0.339 e. The number of allylic oxidation sites excluding steroid dienone is 2. The number of nitrogens with zero attached hydrogens (tertiary/aromatic N) is 2. The lowest BCUT2D eigenvalue weighted by atomic mass is 9.49. The van der Waals surface area contributed by atoms with Crippen molar-refractivity contribution in [2.45, 2.75) is 31.1 Å². The van der Waals surface area contributed by atoms with Crippen molar-refractivity contribution in [1.29, 1.82) is 0 Å². The fourth-order valence-electron chi connectivity index (χ4n) is 9.74. The molecule has 11 nitrogen and oxygen atoms in total. The quantitative estimate of drug-likeness (QED) is 0.113. The Balaban J connectivity index is 1.25. The predicted molar refractivity (Wildman–Crippen MR) is 202 cm³/mol. The van der Waals surface area contributed by atoms with Crippen LogP contribution >= 0.6 is 0 Å². The fraction of sp³-hybridized carbons (Fsp3) is 0.205. The second kappa shape index (κ2) is 12.4. The SMILES string of the molecule is Cc1ccc(NN2C(=O)C3CC4C(=CCC5C(=O)N(c6ccc(C(=O)O)c(O)c6)C(=O)C54)C(c4ccc(O)c5ccccc45)C3(c3ccccc3)C2=O)cc1. The van der Waals surface area contributed by atoms with Crippen molar-refractivity contribution in [2.75, 3.05) is 10.3 Å². The van der Waals surface area contributed by atoms with Crippen LogP contribution in [0, 0.1) is 30.6 Å². The monoisotopic (exact) mass is 733 g/mol. The van der Waals surface area contributed by atoms with Crippen molar-refractivity contribution < 1.29 is 39.3 Å². The number of hydrazine groups is 1. The molecule has 2 aliphatic carbocycles. The van der Waals surface area contributed by atoms with Gasteiger partial charge in [-0.1, -0.05) is 90.0 Å². The number of aromatic carboxylic acids is 1. The maximum Gasteiger partial charge on any atom is 0.339 e. The number of benzene rings is 5. The molecular weight excluding hydrogens is 698 g/mol. The molecule has 0 aromatic heterocycles. The molecule has 5 aromatic carbocycles. The molecule has 0 radical (unpaired) electrons. The van der Waals surface area contributed by atoms with Gasteiger partial charge in [0.15, 0.2) is 0 Å². The summed E-state index contributed by atoms with van der Waals surface area (Å²) >= 11 is 0. The summed E-state index contributed by atoms with van der Waals surface area (Å²) in [5, 5.41) is 33.3. The standard InChI is InChI=1S/C44H35N3O8/c1-23-11-13-25(14-12-23)45-47-40(51)34-22-33-30(17-18-32-37(33)41(52)46(39(32)50)26-15-16-31(42(53)54)36(49)21-26)38(44(34,43(47)55)24-7-3-2-4-8-24)29-19-20-35(48)28-10-6-5-9-27(28)29/h2-17,19-21,32-34,37-38,45,48-49H,18,22H2,1H3,(H,53,54). The molecule has 4 N–H and O–H groups in total. The number of hydrogen-bond donors (Lipinski definition) is 4. The first kappa shape index (κ1) is 34.0. The molecule has 55 heavy (non-hydrogen) atoms. The second-order valence-corrected chi connectivity index (χ2v) is 14.8.